The van der Waals surface area contributed by atoms with Gasteiger partial charge in [-0.1, -0.05) is 29.8 Å². The molecular formula is C23H25ClN4O3S. The van der Waals surface area contributed by atoms with Crippen molar-refractivity contribution < 1.29 is 13.2 Å². The minimum absolute atomic E-state index is 0.0325. The highest BCUT2D eigenvalue weighted by molar-refractivity contribution is 7.89. The van der Waals surface area contributed by atoms with E-state index >= 15 is 0 Å². The minimum atomic E-state index is -3.51. The number of amides is 1. The second kappa shape index (κ2) is 9.85. The molecule has 0 radical (unpaired) electrons. The van der Waals surface area contributed by atoms with Crippen LogP contribution in [0.5, 0.6) is 0 Å². The molecule has 0 bridgehead atoms. The van der Waals surface area contributed by atoms with Gasteiger partial charge in [-0.25, -0.2) is 8.42 Å². The number of sulfonamides is 1. The highest BCUT2D eigenvalue weighted by atomic mass is 35.5. The van der Waals surface area contributed by atoms with E-state index in [1.165, 1.54) is 4.31 Å². The SMILES string of the molecule is O=C(NCCNc1ccnc2cc(Cl)ccc12)C1CCN(S(=O)(=O)c2ccccc2)CC1. The molecule has 1 aromatic heterocycles. The van der Waals surface area contributed by atoms with Crippen LogP contribution >= 0.6 is 11.6 Å². The molecule has 4 rings (SSSR count). The maximum Gasteiger partial charge on any atom is 0.243 e. The molecule has 0 saturated carbocycles. The average molecular weight is 473 g/mol. The summed E-state index contributed by atoms with van der Waals surface area (Å²) in [4.78, 5) is 17.2. The van der Waals surface area contributed by atoms with E-state index in [1.54, 1.807) is 36.5 Å². The van der Waals surface area contributed by atoms with Crippen LogP contribution in [0.4, 0.5) is 5.69 Å². The number of fused-ring (bicyclic) bond motifs is 1. The van der Waals surface area contributed by atoms with Crippen molar-refractivity contribution in [2.45, 2.75) is 17.7 Å². The predicted molar refractivity (Wildman–Crippen MR) is 126 cm³/mol. The number of benzene rings is 2. The Balaban J connectivity index is 1.25. The summed E-state index contributed by atoms with van der Waals surface area (Å²) < 4.78 is 26.9. The van der Waals surface area contributed by atoms with E-state index in [2.05, 4.69) is 15.6 Å². The minimum Gasteiger partial charge on any atom is -0.383 e. The number of carbonyl (C=O) groups excluding carboxylic acids is 1. The smallest absolute Gasteiger partial charge is 0.243 e. The summed E-state index contributed by atoms with van der Waals surface area (Å²) in [7, 11) is -3.51. The number of anilines is 1. The number of pyridine rings is 1. The molecule has 2 heterocycles. The van der Waals surface area contributed by atoms with Gasteiger partial charge in [0.1, 0.15) is 0 Å². The number of piperidine rings is 1. The Hall–Kier alpha value is -2.68. The molecule has 0 unspecified atom stereocenters. The predicted octanol–water partition coefficient (Wildman–Crippen LogP) is 3.52. The van der Waals surface area contributed by atoms with Gasteiger partial charge in [-0.3, -0.25) is 9.78 Å². The molecule has 0 atom stereocenters. The van der Waals surface area contributed by atoms with Crippen LogP contribution in [0.15, 0.2) is 65.7 Å². The number of hydrogen-bond acceptors (Lipinski definition) is 5. The first kappa shape index (κ1) is 22.5. The normalized spacial score (nSPS) is 15.5. The van der Waals surface area contributed by atoms with E-state index in [1.807, 2.05) is 24.3 Å². The zero-order chi connectivity index (χ0) is 22.6. The van der Waals surface area contributed by atoms with E-state index in [0.717, 1.165) is 16.6 Å². The summed E-state index contributed by atoms with van der Waals surface area (Å²) in [6, 6.07) is 15.9. The summed E-state index contributed by atoms with van der Waals surface area (Å²) in [5.41, 5.74) is 1.74. The summed E-state index contributed by atoms with van der Waals surface area (Å²) in [6.45, 7) is 1.73. The van der Waals surface area contributed by atoms with Crippen molar-refractivity contribution in [3.63, 3.8) is 0 Å². The molecule has 7 nitrogen and oxygen atoms in total. The second-order valence-electron chi connectivity index (χ2n) is 7.73. The third-order valence-corrected chi connectivity index (χ3v) is 7.80. The molecule has 168 valence electrons. The Morgan fingerprint density at radius 2 is 1.81 bits per heavy atom. The van der Waals surface area contributed by atoms with E-state index in [0.29, 0.717) is 48.9 Å². The van der Waals surface area contributed by atoms with Crippen LogP contribution in [0.1, 0.15) is 12.8 Å². The van der Waals surface area contributed by atoms with Gasteiger partial charge >= 0.3 is 0 Å². The molecule has 9 heteroatoms. The summed E-state index contributed by atoms with van der Waals surface area (Å²) >= 11 is 6.03. The maximum absolute atomic E-state index is 12.7. The second-order valence-corrected chi connectivity index (χ2v) is 10.1. The van der Waals surface area contributed by atoms with Crippen molar-refractivity contribution in [2.24, 2.45) is 5.92 Å². The van der Waals surface area contributed by atoms with Gasteiger partial charge in [0.05, 0.1) is 10.4 Å². The Morgan fingerprint density at radius 1 is 1.06 bits per heavy atom. The number of hydrogen-bond donors (Lipinski definition) is 2. The maximum atomic E-state index is 12.7. The first-order valence-electron chi connectivity index (χ1n) is 10.6. The molecule has 0 spiro atoms. The van der Waals surface area contributed by atoms with Gasteiger partial charge in [0.2, 0.25) is 15.9 Å². The van der Waals surface area contributed by atoms with Crippen molar-refractivity contribution in [3.05, 3.63) is 65.8 Å². The molecule has 1 aliphatic rings. The van der Waals surface area contributed by atoms with E-state index in [9.17, 15) is 13.2 Å². The van der Waals surface area contributed by atoms with Crippen molar-refractivity contribution >= 4 is 44.1 Å². The molecule has 1 saturated heterocycles. The zero-order valence-electron chi connectivity index (χ0n) is 17.5. The molecule has 0 aliphatic carbocycles. The Bertz CT molecular complexity index is 1200. The van der Waals surface area contributed by atoms with Crippen molar-refractivity contribution in [2.75, 3.05) is 31.5 Å². The highest BCUT2D eigenvalue weighted by Gasteiger charge is 2.31. The zero-order valence-corrected chi connectivity index (χ0v) is 19.1. The van der Waals surface area contributed by atoms with E-state index in [4.69, 9.17) is 11.6 Å². The first-order valence-corrected chi connectivity index (χ1v) is 12.4. The van der Waals surface area contributed by atoms with Crippen molar-refractivity contribution in [1.82, 2.24) is 14.6 Å². The average Bonchev–Trinajstić information content (AvgIpc) is 2.82. The summed E-state index contributed by atoms with van der Waals surface area (Å²) in [6.07, 6.45) is 2.75. The molecule has 1 amide bonds. The lowest BCUT2D eigenvalue weighted by molar-refractivity contribution is -0.126. The fourth-order valence-electron chi connectivity index (χ4n) is 3.90. The van der Waals surface area contributed by atoms with Gasteiger partial charge in [-0.15, -0.1) is 0 Å². The molecule has 2 aromatic carbocycles. The number of rotatable bonds is 7. The Morgan fingerprint density at radius 3 is 2.56 bits per heavy atom. The number of nitrogens with one attached hydrogen (secondary N) is 2. The number of aromatic nitrogens is 1. The highest BCUT2D eigenvalue weighted by Crippen LogP contribution is 2.25. The van der Waals surface area contributed by atoms with Crippen LogP contribution < -0.4 is 10.6 Å². The lowest BCUT2D eigenvalue weighted by Gasteiger charge is -2.30. The largest absolute Gasteiger partial charge is 0.383 e. The lowest BCUT2D eigenvalue weighted by atomic mass is 9.97. The van der Waals surface area contributed by atoms with E-state index < -0.39 is 10.0 Å². The lowest BCUT2D eigenvalue weighted by Crippen LogP contribution is -2.43. The van der Waals surface area contributed by atoms with Gasteiger partial charge in [0, 0.05) is 54.4 Å². The van der Waals surface area contributed by atoms with Gasteiger partial charge < -0.3 is 10.6 Å². The summed E-state index contributed by atoms with van der Waals surface area (Å²) in [5.74, 6) is -0.212. The fraction of sp³-hybridized carbons (Fsp3) is 0.304. The van der Waals surface area contributed by atoms with E-state index in [-0.39, 0.29) is 11.8 Å². The monoisotopic (exact) mass is 472 g/mol. The van der Waals surface area contributed by atoms with Crippen LogP contribution in [-0.4, -0.2) is 49.8 Å². The van der Waals surface area contributed by atoms with Crippen LogP contribution in [0, 0.1) is 5.92 Å². The van der Waals surface area contributed by atoms with Crippen LogP contribution in [0.25, 0.3) is 10.9 Å². The molecule has 1 fully saturated rings. The quantitative estimate of drug-likeness (QED) is 0.513. The third-order valence-electron chi connectivity index (χ3n) is 5.65. The molecular weight excluding hydrogens is 448 g/mol. The van der Waals surface area contributed by atoms with Crippen molar-refractivity contribution in [3.8, 4) is 0 Å². The topological polar surface area (TPSA) is 91.4 Å². The summed E-state index contributed by atoms with van der Waals surface area (Å²) in [5, 5.41) is 7.89. The van der Waals surface area contributed by atoms with Crippen LogP contribution in [0.3, 0.4) is 0 Å². The third kappa shape index (κ3) is 5.03. The van der Waals surface area contributed by atoms with Gasteiger partial charge in [0.25, 0.3) is 0 Å². The number of carbonyl (C=O) groups is 1. The number of halogens is 1. The van der Waals surface area contributed by atoms with Crippen LogP contribution in [-0.2, 0) is 14.8 Å². The first-order chi connectivity index (χ1) is 15.4. The molecule has 2 N–H and O–H groups in total. The molecule has 3 aromatic rings. The van der Waals surface area contributed by atoms with Gasteiger partial charge in [0.15, 0.2) is 0 Å². The Labute approximate surface area is 192 Å². The Kier molecular flexibility index (Phi) is 6.93. The van der Waals surface area contributed by atoms with Gasteiger partial charge in [-0.2, -0.15) is 4.31 Å². The number of nitrogens with zero attached hydrogens (tertiary/aromatic N) is 2. The standard InChI is InChI=1S/C23H25ClN4O3S/c24-18-6-7-20-21(8-11-25-22(20)16-18)26-12-13-27-23(29)17-9-14-28(15-10-17)32(30,31)19-4-2-1-3-5-19/h1-8,11,16-17H,9-10,12-15H2,(H,25,26)(H,27,29). The van der Waals surface area contributed by atoms with Crippen molar-refractivity contribution in [1.29, 1.82) is 0 Å². The fourth-order valence-corrected chi connectivity index (χ4v) is 5.56. The molecule has 1 aliphatic heterocycles. The van der Waals surface area contributed by atoms with Crippen LogP contribution in [0.2, 0.25) is 5.02 Å². The molecule has 32 heavy (non-hydrogen) atoms. The van der Waals surface area contributed by atoms with Gasteiger partial charge in [-0.05, 0) is 49.2 Å².